The Bertz CT molecular complexity index is 1310. The van der Waals surface area contributed by atoms with Gasteiger partial charge in [0.15, 0.2) is 5.82 Å². The SMILES string of the molecule is Cn1cc(-n2ccc(=O)c(Cc3cccc(-c4ncc(C5C=CCO5)cn4)c3)n2)cn1. The fourth-order valence-corrected chi connectivity index (χ4v) is 3.49. The molecule has 1 unspecified atom stereocenters. The van der Waals surface area contributed by atoms with Crippen molar-refractivity contribution in [1.29, 1.82) is 0 Å². The van der Waals surface area contributed by atoms with Crippen LogP contribution in [-0.2, 0) is 18.2 Å². The molecule has 8 nitrogen and oxygen atoms in total. The molecule has 0 N–H and O–H groups in total. The zero-order valence-electron chi connectivity index (χ0n) is 16.9. The lowest BCUT2D eigenvalue weighted by Crippen LogP contribution is -2.16. The molecule has 0 saturated carbocycles. The van der Waals surface area contributed by atoms with Crippen LogP contribution in [0.5, 0.6) is 0 Å². The van der Waals surface area contributed by atoms with Crippen LogP contribution < -0.4 is 5.43 Å². The molecule has 0 radical (unpaired) electrons. The average Bonchev–Trinajstić information content (AvgIpc) is 3.48. The van der Waals surface area contributed by atoms with Gasteiger partial charge in [0.05, 0.1) is 19.0 Å². The van der Waals surface area contributed by atoms with Gasteiger partial charge in [-0.05, 0) is 11.6 Å². The van der Waals surface area contributed by atoms with Crippen LogP contribution in [0.1, 0.15) is 22.9 Å². The number of aryl methyl sites for hydroxylation is 1. The maximum absolute atomic E-state index is 12.4. The molecule has 4 heterocycles. The van der Waals surface area contributed by atoms with Gasteiger partial charge in [0.1, 0.15) is 17.5 Å². The molecule has 8 heteroatoms. The summed E-state index contributed by atoms with van der Waals surface area (Å²) in [5.41, 5.74) is 3.93. The van der Waals surface area contributed by atoms with Gasteiger partial charge in [-0.15, -0.1) is 0 Å². The third-order valence-corrected chi connectivity index (χ3v) is 5.08. The number of benzene rings is 1. The summed E-state index contributed by atoms with van der Waals surface area (Å²) in [6.07, 6.45) is 13.1. The summed E-state index contributed by atoms with van der Waals surface area (Å²) < 4.78 is 8.94. The predicted molar refractivity (Wildman–Crippen MR) is 115 cm³/mol. The van der Waals surface area contributed by atoms with E-state index in [0.29, 0.717) is 24.5 Å². The second kappa shape index (κ2) is 8.08. The molecule has 0 fully saturated rings. The number of rotatable bonds is 5. The van der Waals surface area contributed by atoms with Crippen LogP contribution in [0, 0.1) is 0 Å². The Labute approximate surface area is 178 Å². The van der Waals surface area contributed by atoms with Crippen LogP contribution in [0.2, 0.25) is 0 Å². The van der Waals surface area contributed by atoms with Crippen LogP contribution in [0.25, 0.3) is 17.1 Å². The number of aromatic nitrogens is 6. The van der Waals surface area contributed by atoms with Crippen LogP contribution in [-0.4, -0.2) is 36.1 Å². The molecular weight excluding hydrogens is 392 g/mol. The van der Waals surface area contributed by atoms with Crippen molar-refractivity contribution in [1.82, 2.24) is 29.5 Å². The summed E-state index contributed by atoms with van der Waals surface area (Å²) >= 11 is 0. The molecule has 5 rings (SSSR count). The molecule has 1 aliphatic rings. The van der Waals surface area contributed by atoms with Crippen molar-refractivity contribution in [2.45, 2.75) is 12.5 Å². The molecule has 1 atom stereocenters. The summed E-state index contributed by atoms with van der Waals surface area (Å²) in [7, 11) is 1.84. The Balaban J connectivity index is 1.39. The van der Waals surface area contributed by atoms with Crippen LogP contribution >= 0.6 is 0 Å². The van der Waals surface area contributed by atoms with Gasteiger partial charge < -0.3 is 4.74 Å². The van der Waals surface area contributed by atoms with Crippen molar-refractivity contribution < 1.29 is 4.74 Å². The first-order valence-electron chi connectivity index (χ1n) is 9.93. The van der Waals surface area contributed by atoms with E-state index in [0.717, 1.165) is 22.4 Å². The summed E-state index contributed by atoms with van der Waals surface area (Å²) in [6, 6.07) is 9.38. The minimum absolute atomic E-state index is 0.0773. The molecule has 0 amide bonds. The van der Waals surface area contributed by atoms with E-state index >= 15 is 0 Å². The van der Waals surface area contributed by atoms with E-state index in [1.165, 1.54) is 6.07 Å². The minimum Gasteiger partial charge on any atom is -0.365 e. The van der Waals surface area contributed by atoms with E-state index in [1.807, 2.05) is 49.7 Å². The number of hydrogen-bond acceptors (Lipinski definition) is 6. The third-order valence-electron chi connectivity index (χ3n) is 5.08. The minimum atomic E-state index is -0.101. The highest BCUT2D eigenvalue weighted by atomic mass is 16.5. The van der Waals surface area contributed by atoms with Crippen molar-refractivity contribution in [3.05, 3.63) is 101 Å². The first-order chi connectivity index (χ1) is 15.2. The Hall–Kier alpha value is -3.91. The van der Waals surface area contributed by atoms with E-state index in [-0.39, 0.29) is 11.5 Å². The normalized spacial score (nSPS) is 15.5. The maximum Gasteiger partial charge on any atom is 0.203 e. The Kier molecular flexibility index (Phi) is 4.97. The number of ether oxygens (including phenoxy) is 1. The summed E-state index contributed by atoms with van der Waals surface area (Å²) in [4.78, 5) is 21.4. The fraction of sp³-hybridized carbons (Fsp3) is 0.174. The highest BCUT2D eigenvalue weighted by Crippen LogP contribution is 2.23. The van der Waals surface area contributed by atoms with Gasteiger partial charge >= 0.3 is 0 Å². The monoisotopic (exact) mass is 412 g/mol. The smallest absolute Gasteiger partial charge is 0.203 e. The Morgan fingerprint density at radius 1 is 1.16 bits per heavy atom. The largest absolute Gasteiger partial charge is 0.365 e. The van der Waals surface area contributed by atoms with E-state index < -0.39 is 0 Å². The molecule has 154 valence electrons. The number of nitrogens with zero attached hydrogens (tertiary/aromatic N) is 6. The Morgan fingerprint density at radius 2 is 2.03 bits per heavy atom. The second-order valence-corrected chi connectivity index (χ2v) is 7.34. The van der Waals surface area contributed by atoms with Crippen molar-refractivity contribution in [3.8, 4) is 17.1 Å². The van der Waals surface area contributed by atoms with Crippen molar-refractivity contribution >= 4 is 0 Å². The summed E-state index contributed by atoms with van der Waals surface area (Å²) in [5, 5.41) is 8.67. The van der Waals surface area contributed by atoms with Crippen LogP contribution in [0.3, 0.4) is 0 Å². The molecule has 0 aliphatic carbocycles. The fourth-order valence-electron chi connectivity index (χ4n) is 3.49. The van der Waals surface area contributed by atoms with E-state index in [9.17, 15) is 4.79 Å². The standard InChI is InChI=1S/C23H20N6O2/c1-28-15-19(14-26-28)29-8-7-21(30)20(27-29)11-16-4-2-5-17(10-16)23-24-12-18(13-25-23)22-6-3-9-31-22/h2-8,10,12-15,22H,9,11H2,1H3. The Morgan fingerprint density at radius 3 is 2.77 bits per heavy atom. The van der Waals surface area contributed by atoms with Crippen molar-refractivity contribution in [3.63, 3.8) is 0 Å². The molecule has 31 heavy (non-hydrogen) atoms. The highest BCUT2D eigenvalue weighted by Gasteiger charge is 2.14. The van der Waals surface area contributed by atoms with E-state index in [4.69, 9.17) is 4.74 Å². The second-order valence-electron chi connectivity index (χ2n) is 7.34. The van der Waals surface area contributed by atoms with Gasteiger partial charge in [-0.2, -0.15) is 10.2 Å². The van der Waals surface area contributed by atoms with E-state index in [2.05, 4.69) is 20.2 Å². The molecule has 0 spiro atoms. The van der Waals surface area contributed by atoms with Gasteiger partial charge in [0.2, 0.25) is 5.43 Å². The lowest BCUT2D eigenvalue weighted by Gasteiger charge is -2.09. The summed E-state index contributed by atoms with van der Waals surface area (Å²) in [6.45, 7) is 0.616. The summed E-state index contributed by atoms with van der Waals surface area (Å²) in [5.74, 6) is 0.626. The zero-order valence-corrected chi connectivity index (χ0v) is 16.9. The van der Waals surface area contributed by atoms with Crippen molar-refractivity contribution in [2.75, 3.05) is 6.61 Å². The number of hydrogen-bond donors (Lipinski definition) is 0. The predicted octanol–water partition coefficient (Wildman–Crippen LogP) is 2.64. The van der Waals surface area contributed by atoms with Crippen molar-refractivity contribution in [2.24, 2.45) is 7.05 Å². The van der Waals surface area contributed by atoms with E-state index in [1.54, 1.807) is 34.2 Å². The van der Waals surface area contributed by atoms with Gasteiger partial charge in [0.25, 0.3) is 0 Å². The lowest BCUT2D eigenvalue weighted by molar-refractivity contribution is 0.129. The van der Waals surface area contributed by atoms with Gasteiger partial charge in [-0.3, -0.25) is 9.48 Å². The van der Waals surface area contributed by atoms with Gasteiger partial charge in [-0.25, -0.2) is 14.6 Å². The molecule has 4 aromatic rings. The van der Waals surface area contributed by atoms with Gasteiger partial charge in [0, 0.05) is 49.3 Å². The van der Waals surface area contributed by atoms with Crippen LogP contribution in [0.4, 0.5) is 0 Å². The topological polar surface area (TPSA) is 87.7 Å². The zero-order chi connectivity index (χ0) is 21.2. The highest BCUT2D eigenvalue weighted by molar-refractivity contribution is 5.56. The third kappa shape index (κ3) is 4.06. The molecule has 1 aromatic carbocycles. The molecule has 0 saturated heterocycles. The lowest BCUT2D eigenvalue weighted by atomic mass is 10.1. The van der Waals surface area contributed by atoms with Gasteiger partial charge in [-0.1, -0.05) is 30.4 Å². The molecular formula is C23H20N6O2. The first kappa shape index (κ1) is 19.1. The maximum atomic E-state index is 12.4. The first-order valence-corrected chi connectivity index (χ1v) is 9.93. The quantitative estimate of drug-likeness (QED) is 0.468. The average molecular weight is 412 g/mol. The molecule has 1 aliphatic heterocycles. The molecule has 3 aromatic heterocycles. The molecule has 0 bridgehead atoms. The van der Waals surface area contributed by atoms with Crippen LogP contribution in [0.15, 0.2) is 78.3 Å².